The summed E-state index contributed by atoms with van der Waals surface area (Å²) >= 11 is 6.57. The minimum atomic E-state index is -3.63. The molecule has 0 atom stereocenters. The van der Waals surface area contributed by atoms with Crippen molar-refractivity contribution in [2.24, 2.45) is 0 Å². The Morgan fingerprint density at radius 3 is 2.14 bits per heavy atom. The van der Waals surface area contributed by atoms with Gasteiger partial charge in [0.05, 0.1) is 0 Å². The molecule has 0 heterocycles. The van der Waals surface area contributed by atoms with Crippen LogP contribution in [0.2, 0.25) is 0 Å². The largest absolute Gasteiger partial charge is 0.378 e. The first kappa shape index (κ1) is 16.3. The summed E-state index contributed by atoms with van der Waals surface area (Å²) in [6, 6.07) is 12.1. The Morgan fingerprint density at radius 1 is 1.00 bits per heavy atom. The molecule has 0 aromatic heterocycles. The number of hydrogen-bond acceptors (Lipinski definition) is 3. The van der Waals surface area contributed by atoms with E-state index in [4.69, 9.17) is 0 Å². The van der Waals surface area contributed by atoms with E-state index in [1.807, 2.05) is 31.1 Å². The van der Waals surface area contributed by atoms with Gasteiger partial charge in [-0.3, -0.25) is 4.72 Å². The van der Waals surface area contributed by atoms with Crippen LogP contribution in [0.5, 0.6) is 0 Å². The van der Waals surface area contributed by atoms with Gasteiger partial charge in [-0.15, -0.1) is 0 Å². The Labute approximate surface area is 141 Å². The molecule has 2 aromatic rings. The summed E-state index contributed by atoms with van der Waals surface area (Å²) in [7, 11) is 0.232. The molecule has 2 aromatic carbocycles. The molecular formula is C14H14Br2N2O2S. The molecule has 0 bridgehead atoms. The average molecular weight is 434 g/mol. The lowest BCUT2D eigenvalue weighted by Gasteiger charge is -2.14. The van der Waals surface area contributed by atoms with Crippen LogP contribution in [0.25, 0.3) is 0 Å². The van der Waals surface area contributed by atoms with E-state index in [2.05, 4.69) is 36.6 Å². The van der Waals surface area contributed by atoms with Crippen LogP contribution in [-0.2, 0) is 10.0 Å². The van der Waals surface area contributed by atoms with Gasteiger partial charge < -0.3 is 4.90 Å². The number of hydrogen-bond donors (Lipinski definition) is 1. The molecule has 0 aliphatic heterocycles. The monoisotopic (exact) mass is 432 g/mol. The highest BCUT2D eigenvalue weighted by atomic mass is 79.9. The van der Waals surface area contributed by atoms with Crippen molar-refractivity contribution in [3.8, 4) is 0 Å². The fraction of sp³-hybridized carbons (Fsp3) is 0.143. The maximum atomic E-state index is 12.4. The van der Waals surface area contributed by atoms with Crippen LogP contribution in [0.15, 0.2) is 56.3 Å². The molecule has 0 spiro atoms. The van der Waals surface area contributed by atoms with Gasteiger partial charge in [0.1, 0.15) is 4.90 Å². The highest BCUT2D eigenvalue weighted by Gasteiger charge is 2.17. The first-order chi connectivity index (χ1) is 9.79. The number of nitrogens with one attached hydrogen (secondary N) is 1. The van der Waals surface area contributed by atoms with Crippen molar-refractivity contribution in [1.29, 1.82) is 0 Å². The molecule has 0 unspecified atom stereocenters. The molecule has 7 heteroatoms. The second-order valence-corrected chi connectivity index (χ2v) is 8.04. The van der Waals surface area contributed by atoms with Crippen molar-refractivity contribution in [2.45, 2.75) is 4.90 Å². The van der Waals surface area contributed by atoms with E-state index in [9.17, 15) is 8.42 Å². The second-order valence-electron chi connectivity index (χ2n) is 4.62. The number of halogens is 2. The van der Waals surface area contributed by atoms with E-state index in [1.54, 1.807) is 30.3 Å². The zero-order valence-corrected chi connectivity index (χ0v) is 15.5. The maximum Gasteiger partial charge on any atom is 0.263 e. The van der Waals surface area contributed by atoms with E-state index in [0.29, 0.717) is 10.2 Å². The summed E-state index contributed by atoms with van der Waals surface area (Å²) in [5, 5.41) is 0. The topological polar surface area (TPSA) is 49.4 Å². The molecule has 0 amide bonds. The zero-order valence-electron chi connectivity index (χ0n) is 11.5. The van der Waals surface area contributed by atoms with Crippen molar-refractivity contribution in [3.05, 3.63) is 51.4 Å². The fourth-order valence-electron chi connectivity index (χ4n) is 1.73. The lowest BCUT2D eigenvalue weighted by Crippen LogP contribution is -2.14. The van der Waals surface area contributed by atoms with E-state index >= 15 is 0 Å². The molecule has 21 heavy (non-hydrogen) atoms. The smallest absolute Gasteiger partial charge is 0.263 e. The zero-order chi connectivity index (χ0) is 15.6. The van der Waals surface area contributed by atoms with Crippen LogP contribution in [0.4, 0.5) is 11.4 Å². The standard InChI is InChI=1S/C14H14Br2N2O2S/c1-18(2)12-6-4-11(5-7-12)17-21(19,20)14-8-3-10(15)9-13(14)16/h3-9,17H,1-2H3. The van der Waals surface area contributed by atoms with Gasteiger partial charge in [-0.2, -0.15) is 0 Å². The molecule has 0 aliphatic carbocycles. The average Bonchev–Trinajstić information content (AvgIpc) is 2.38. The number of rotatable bonds is 4. The van der Waals surface area contributed by atoms with Crippen molar-refractivity contribution in [2.75, 3.05) is 23.7 Å². The van der Waals surface area contributed by atoms with Crippen molar-refractivity contribution in [1.82, 2.24) is 0 Å². The Morgan fingerprint density at radius 2 is 1.62 bits per heavy atom. The SMILES string of the molecule is CN(C)c1ccc(NS(=O)(=O)c2ccc(Br)cc2Br)cc1. The molecule has 112 valence electrons. The third-order valence-electron chi connectivity index (χ3n) is 2.82. The van der Waals surface area contributed by atoms with Crippen LogP contribution >= 0.6 is 31.9 Å². The molecule has 0 saturated heterocycles. The minimum absolute atomic E-state index is 0.197. The fourth-order valence-corrected chi connectivity index (χ4v) is 4.54. The van der Waals surface area contributed by atoms with Crippen molar-refractivity contribution >= 4 is 53.3 Å². The first-order valence-corrected chi connectivity index (χ1v) is 9.12. The summed E-state index contributed by atoms with van der Waals surface area (Å²) in [5.41, 5.74) is 1.53. The van der Waals surface area contributed by atoms with Crippen LogP contribution in [0.1, 0.15) is 0 Å². The predicted octanol–water partition coefficient (Wildman–Crippen LogP) is 4.08. The van der Waals surface area contributed by atoms with Crippen molar-refractivity contribution in [3.63, 3.8) is 0 Å². The molecule has 1 N–H and O–H groups in total. The van der Waals surface area contributed by atoms with Gasteiger partial charge in [0.2, 0.25) is 0 Å². The molecule has 0 saturated carbocycles. The van der Waals surface area contributed by atoms with Crippen LogP contribution in [0, 0.1) is 0 Å². The summed E-state index contributed by atoms with van der Waals surface area (Å²) in [5.74, 6) is 0. The molecule has 0 aliphatic rings. The van der Waals surface area contributed by atoms with E-state index < -0.39 is 10.0 Å². The number of sulfonamides is 1. The molecule has 4 nitrogen and oxygen atoms in total. The number of benzene rings is 2. The third kappa shape index (κ3) is 3.99. The minimum Gasteiger partial charge on any atom is -0.378 e. The Bertz CT molecular complexity index is 744. The molecule has 0 radical (unpaired) electrons. The summed E-state index contributed by atoms with van der Waals surface area (Å²) in [6.07, 6.45) is 0. The Hall–Kier alpha value is -1.05. The van der Waals surface area contributed by atoms with Gasteiger partial charge in [0, 0.05) is 34.4 Å². The van der Waals surface area contributed by atoms with E-state index in [0.717, 1.165) is 10.2 Å². The molecule has 0 fully saturated rings. The van der Waals surface area contributed by atoms with Crippen LogP contribution < -0.4 is 9.62 Å². The number of nitrogens with zero attached hydrogens (tertiary/aromatic N) is 1. The highest BCUT2D eigenvalue weighted by Crippen LogP contribution is 2.27. The van der Waals surface area contributed by atoms with Gasteiger partial charge in [-0.25, -0.2) is 8.42 Å². The summed E-state index contributed by atoms with van der Waals surface area (Å²) in [4.78, 5) is 2.14. The van der Waals surface area contributed by atoms with Gasteiger partial charge in [0.25, 0.3) is 10.0 Å². The quantitative estimate of drug-likeness (QED) is 0.790. The van der Waals surface area contributed by atoms with Gasteiger partial charge in [0.15, 0.2) is 0 Å². The van der Waals surface area contributed by atoms with Crippen LogP contribution in [0.3, 0.4) is 0 Å². The lowest BCUT2D eigenvalue weighted by atomic mass is 10.3. The van der Waals surface area contributed by atoms with E-state index in [-0.39, 0.29) is 4.90 Å². The second kappa shape index (κ2) is 6.37. The maximum absolute atomic E-state index is 12.4. The number of anilines is 2. The third-order valence-corrected chi connectivity index (χ3v) is 5.67. The van der Waals surface area contributed by atoms with Crippen LogP contribution in [-0.4, -0.2) is 22.5 Å². The normalized spacial score (nSPS) is 11.2. The van der Waals surface area contributed by atoms with Crippen molar-refractivity contribution < 1.29 is 8.42 Å². The summed E-state index contributed by atoms with van der Waals surface area (Å²) < 4.78 is 28.7. The molecule has 2 rings (SSSR count). The lowest BCUT2D eigenvalue weighted by molar-refractivity contribution is 0.600. The Balaban J connectivity index is 2.28. The summed E-state index contributed by atoms with van der Waals surface area (Å²) in [6.45, 7) is 0. The predicted molar refractivity (Wildman–Crippen MR) is 93.4 cm³/mol. The Kier molecular flexibility index (Phi) is 4.95. The first-order valence-electron chi connectivity index (χ1n) is 6.05. The van der Waals surface area contributed by atoms with Gasteiger partial charge in [-0.05, 0) is 58.4 Å². The van der Waals surface area contributed by atoms with Gasteiger partial charge in [-0.1, -0.05) is 15.9 Å². The molecular weight excluding hydrogens is 420 g/mol. The van der Waals surface area contributed by atoms with E-state index in [1.165, 1.54) is 0 Å². The highest BCUT2D eigenvalue weighted by molar-refractivity contribution is 9.11. The van der Waals surface area contributed by atoms with Gasteiger partial charge >= 0.3 is 0 Å².